The van der Waals surface area contributed by atoms with Crippen molar-refractivity contribution in [2.45, 2.75) is 40.0 Å². The first kappa shape index (κ1) is 14.5. The Morgan fingerprint density at radius 3 is 2.47 bits per heavy atom. The zero-order valence-electron chi connectivity index (χ0n) is 12.8. The van der Waals surface area contributed by atoms with Crippen molar-refractivity contribution in [1.29, 1.82) is 0 Å². The second kappa shape index (κ2) is 4.58. The second-order valence-electron chi connectivity index (χ2n) is 7.10. The minimum atomic E-state index is -0.357. The lowest BCUT2D eigenvalue weighted by Gasteiger charge is -2.47. The lowest BCUT2D eigenvalue weighted by Crippen LogP contribution is -2.59. The highest BCUT2D eigenvalue weighted by molar-refractivity contribution is 6.03. The van der Waals surface area contributed by atoms with Crippen LogP contribution in [0.3, 0.4) is 0 Å². The van der Waals surface area contributed by atoms with Gasteiger partial charge >= 0.3 is 0 Å². The van der Waals surface area contributed by atoms with Gasteiger partial charge in [-0.05, 0) is 45.3 Å². The van der Waals surface area contributed by atoms with E-state index in [1.54, 1.807) is 0 Å². The van der Waals surface area contributed by atoms with Gasteiger partial charge in [-0.3, -0.25) is 14.5 Å². The molecule has 4 heteroatoms. The van der Waals surface area contributed by atoms with Crippen LogP contribution in [0.5, 0.6) is 0 Å². The first-order chi connectivity index (χ1) is 8.72. The first-order valence-electron chi connectivity index (χ1n) is 7.22. The van der Waals surface area contributed by atoms with E-state index < -0.39 is 0 Å². The van der Waals surface area contributed by atoms with Crippen molar-refractivity contribution in [1.82, 2.24) is 9.80 Å². The van der Waals surface area contributed by atoms with E-state index in [0.29, 0.717) is 6.54 Å². The number of hydrogen-bond donors (Lipinski definition) is 0. The number of hydrogen-bond acceptors (Lipinski definition) is 3. The Morgan fingerprint density at radius 1 is 1.26 bits per heavy atom. The molecule has 0 aromatic heterocycles. The highest BCUT2D eigenvalue weighted by atomic mass is 16.2. The predicted octanol–water partition coefficient (Wildman–Crippen LogP) is 1.75. The van der Waals surface area contributed by atoms with E-state index in [-0.39, 0.29) is 28.6 Å². The minimum absolute atomic E-state index is 0.0227. The van der Waals surface area contributed by atoms with Gasteiger partial charge in [0.25, 0.3) is 0 Å². The number of amides is 2. The third-order valence-electron chi connectivity index (χ3n) is 5.49. The smallest absolute Gasteiger partial charge is 0.235 e. The molecular weight excluding hydrogens is 240 g/mol. The zero-order valence-corrected chi connectivity index (χ0v) is 12.8. The molecule has 2 bridgehead atoms. The van der Waals surface area contributed by atoms with Crippen LogP contribution in [-0.2, 0) is 9.59 Å². The molecule has 2 aliphatic rings. The third kappa shape index (κ3) is 2.00. The molecule has 0 aromatic carbocycles. The summed E-state index contributed by atoms with van der Waals surface area (Å²) in [5.41, 5.74) is -0.553. The van der Waals surface area contributed by atoms with Crippen molar-refractivity contribution in [3.63, 3.8) is 0 Å². The maximum absolute atomic E-state index is 12.7. The number of carbonyl (C=O) groups is 2. The van der Waals surface area contributed by atoms with Gasteiger partial charge in [-0.25, -0.2) is 0 Å². The third-order valence-corrected chi connectivity index (χ3v) is 5.49. The molecule has 2 fully saturated rings. The molecule has 1 saturated carbocycles. The van der Waals surface area contributed by atoms with Crippen LogP contribution in [0.25, 0.3) is 0 Å². The molecule has 0 radical (unpaired) electrons. The molecule has 0 aromatic rings. The lowest BCUT2D eigenvalue weighted by atomic mass is 9.62. The first-order valence-corrected chi connectivity index (χ1v) is 7.22. The van der Waals surface area contributed by atoms with Gasteiger partial charge in [0, 0.05) is 12.5 Å². The Labute approximate surface area is 116 Å². The van der Waals surface area contributed by atoms with Gasteiger partial charge in [-0.15, -0.1) is 0 Å². The molecule has 108 valence electrons. The van der Waals surface area contributed by atoms with Crippen LogP contribution in [0.4, 0.5) is 0 Å². The summed E-state index contributed by atoms with van der Waals surface area (Å²) in [6.07, 6.45) is 2.56. The van der Waals surface area contributed by atoms with Crippen molar-refractivity contribution < 1.29 is 9.59 Å². The van der Waals surface area contributed by atoms with Crippen LogP contribution in [0, 0.1) is 16.7 Å². The molecule has 4 nitrogen and oxygen atoms in total. The van der Waals surface area contributed by atoms with Gasteiger partial charge in [-0.1, -0.05) is 20.8 Å². The molecule has 1 heterocycles. The average molecular weight is 266 g/mol. The summed E-state index contributed by atoms with van der Waals surface area (Å²) in [6.45, 7) is 7.68. The van der Waals surface area contributed by atoms with Crippen LogP contribution in [0.1, 0.15) is 40.0 Å². The van der Waals surface area contributed by atoms with Gasteiger partial charge in [0.2, 0.25) is 11.8 Å². The monoisotopic (exact) mass is 266 g/mol. The SMILES string of the molecule is CN(C)CCCN1C(=O)[C@@H]2CC[C@@](C)(C1=O)C2(C)C. The van der Waals surface area contributed by atoms with Crippen molar-refractivity contribution >= 4 is 11.8 Å². The number of rotatable bonds is 4. The Kier molecular flexibility index (Phi) is 3.50. The molecule has 19 heavy (non-hydrogen) atoms. The summed E-state index contributed by atoms with van der Waals surface area (Å²) in [4.78, 5) is 28.8. The highest BCUT2D eigenvalue weighted by Gasteiger charge is 2.64. The van der Waals surface area contributed by atoms with Crippen molar-refractivity contribution in [3.8, 4) is 0 Å². The number of fused-ring (bicyclic) bond motifs is 2. The van der Waals surface area contributed by atoms with Crippen molar-refractivity contribution in [2.75, 3.05) is 27.2 Å². The number of nitrogens with zero attached hydrogens (tertiary/aromatic N) is 2. The standard InChI is InChI=1S/C15H26N2O2/c1-14(2)11-7-8-15(14,3)13(19)17(12(11)18)10-6-9-16(4)5/h11H,6-10H2,1-5H3/t11-,15-/m0/s1. The van der Waals surface area contributed by atoms with Crippen LogP contribution >= 0.6 is 0 Å². The zero-order chi connectivity index (χ0) is 14.4. The maximum atomic E-state index is 12.7. The predicted molar refractivity (Wildman–Crippen MR) is 74.5 cm³/mol. The summed E-state index contributed by atoms with van der Waals surface area (Å²) in [7, 11) is 4.02. The van der Waals surface area contributed by atoms with Crippen molar-refractivity contribution in [2.24, 2.45) is 16.7 Å². The van der Waals surface area contributed by atoms with Crippen molar-refractivity contribution in [3.05, 3.63) is 0 Å². The average Bonchev–Trinajstić information content (AvgIpc) is 2.49. The molecular formula is C15H26N2O2. The van der Waals surface area contributed by atoms with Gasteiger partial charge in [0.15, 0.2) is 0 Å². The van der Waals surface area contributed by atoms with Crippen LogP contribution in [0.15, 0.2) is 0 Å². The Morgan fingerprint density at radius 2 is 1.89 bits per heavy atom. The molecule has 1 saturated heterocycles. The van der Waals surface area contributed by atoms with Crippen LogP contribution in [0.2, 0.25) is 0 Å². The summed E-state index contributed by atoms with van der Waals surface area (Å²) >= 11 is 0. The van der Waals surface area contributed by atoms with E-state index >= 15 is 0 Å². The molecule has 2 atom stereocenters. The molecule has 0 N–H and O–H groups in total. The molecule has 1 aliphatic carbocycles. The Bertz CT molecular complexity index is 403. The summed E-state index contributed by atoms with van der Waals surface area (Å²) in [5, 5.41) is 0. The largest absolute Gasteiger partial charge is 0.309 e. The summed E-state index contributed by atoms with van der Waals surface area (Å²) in [5.74, 6) is 0.133. The quantitative estimate of drug-likeness (QED) is 0.728. The topological polar surface area (TPSA) is 40.6 Å². The second-order valence-corrected chi connectivity index (χ2v) is 7.10. The fourth-order valence-electron chi connectivity index (χ4n) is 3.66. The van der Waals surface area contributed by atoms with Crippen LogP contribution in [-0.4, -0.2) is 48.8 Å². The number of piperidine rings is 1. The fourth-order valence-corrected chi connectivity index (χ4v) is 3.66. The molecule has 0 spiro atoms. The van der Waals surface area contributed by atoms with Crippen LogP contribution < -0.4 is 0 Å². The lowest BCUT2D eigenvalue weighted by molar-refractivity contribution is -0.167. The van der Waals surface area contributed by atoms with E-state index in [0.717, 1.165) is 25.8 Å². The van der Waals surface area contributed by atoms with Gasteiger partial charge in [0.05, 0.1) is 5.41 Å². The number of likely N-dealkylation sites (tertiary alicyclic amines) is 1. The van der Waals surface area contributed by atoms with Gasteiger partial charge in [0.1, 0.15) is 0 Å². The number of carbonyl (C=O) groups excluding carboxylic acids is 2. The van der Waals surface area contributed by atoms with E-state index in [4.69, 9.17) is 0 Å². The highest BCUT2D eigenvalue weighted by Crippen LogP contribution is 2.59. The molecule has 1 aliphatic heterocycles. The van der Waals surface area contributed by atoms with Gasteiger partial charge in [-0.2, -0.15) is 0 Å². The van der Waals surface area contributed by atoms with E-state index in [1.165, 1.54) is 4.90 Å². The minimum Gasteiger partial charge on any atom is -0.309 e. The van der Waals surface area contributed by atoms with E-state index in [9.17, 15) is 9.59 Å². The fraction of sp³-hybridized carbons (Fsp3) is 0.867. The summed E-state index contributed by atoms with van der Waals surface area (Å²) < 4.78 is 0. The number of imide groups is 1. The summed E-state index contributed by atoms with van der Waals surface area (Å²) in [6, 6.07) is 0. The van der Waals surface area contributed by atoms with E-state index in [2.05, 4.69) is 18.7 Å². The van der Waals surface area contributed by atoms with Gasteiger partial charge < -0.3 is 4.90 Å². The Hall–Kier alpha value is -0.900. The Balaban J connectivity index is 2.16. The maximum Gasteiger partial charge on any atom is 0.235 e. The molecule has 0 unspecified atom stereocenters. The molecule has 2 amide bonds. The molecule has 2 rings (SSSR count). The van der Waals surface area contributed by atoms with E-state index in [1.807, 2.05) is 21.0 Å². The normalized spacial score (nSPS) is 33.4.